The molecule has 410 valence electrons. The van der Waals surface area contributed by atoms with E-state index in [1.165, 1.54) is 115 Å². The molecule has 0 aliphatic heterocycles. The lowest BCUT2D eigenvalue weighted by Crippen LogP contribution is -2.46. The van der Waals surface area contributed by atoms with Crippen LogP contribution in [0.4, 0.5) is 0 Å². The summed E-state index contributed by atoms with van der Waals surface area (Å²) in [4.78, 5) is 43.8. The normalized spacial score (nSPS) is 24.3. The van der Waals surface area contributed by atoms with Crippen molar-refractivity contribution < 1.29 is 23.9 Å². The molecule has 0 aromatic carbocycles. The molecule has 7 unspecified atom stereocenters. The molecule has 0 N–H and O–H groups in total. The average Bonchev–Trinajstić information content (AvgIpc) is 3.69. The number of fused-ring (bicyclic) bond motifs is 5. The maximum atomic E-state index is 13.4. The third-order valence-electron chi connectivity index (χ3n) is 18.5. The summed E-state index contributed by atoms with van der Waals surface area (Å²) in [6.07, 6.45) is 44.9. The van der Waals surface area contributed by atoms with Gasteiger partial charge in [0.25, 0.3) is 0 Å². The molecule has 0 radical (unpaired) electrons. The van der Waals surface area contributed by atoms with Crippen molar-refractivity contribution in [2.45, 2.75) is 292 Å². The Hall–Kier alpha value is -2.15. The van der Waals surface area contributed by atoms with E-state index in [-0.39, 0.29) is 35.5 Å². The molecule has 0 bridgehead atoms. The van der Waals surface area contributed by atoms with Gasteiger partial charge >= 0.3 is 11.9 Å². The van der Waals surface area contributed by atoms with Crippen LogP contribution in [-0.4, -0.2) is 73.6 Å². The quantitative estimate of drug-likeness (QED) is 0.0451. The second kappa shape index (κ2) is 33.7. The monoisotopic (exact) mass is 991 g/mol. The highest BCUT2D eigenvalue weighted by atomic mass is 16.5. The Balaban J connectivity index is 1.14. The molecular weight excluding hydrogens is 877 g/mol. The maximum Gasteiger partial charge on any atom is 0.306 e. The molecule has 4 aliphatic carbocycles. The van der Waals surface area contributed by atoms with Crippen LogP contribution in [0.1, 0.15) is 280 Å². The van der Waals surface area contributed by atoms with Crippen LogP contribution >= 0.6 is 0 Å². The second-order valence-corrected chi connectivity index (χ2v) is 25.1. The number of unbranched alkanes of at least 4 members (excludes halogenated alkanes) is 16. The SMILES string of the molecule is CCCCCCCCC(CCCCCCCC)OC(=O)CCCCCCN(CCCCCCC(=O)OC1CCC2(C)C(=CC=C3C2CCC2(C)C3CCC2C(C)CCCC(C)C)C1)C(=O)CCCN(C)C. The van der Waals surface area contributed by atoms with Crippen LogP contribution in [-0.2, 0) is 23.9 Å². The standard InChI is InChI=1S/C64H114N2O5/c1-10-12-14-16-18-24-34-54(35-25-19-17-15-13-11-2)70-61(68)37-26-20-22-28-48-66(60(67)36-31-47-65(8)9)49-29-23-21-27-38-62(69)71-55-43-45-63(6)53(50-55)39-40-56-58-42-41-57(52(5)33-30-32-51(3)4)64(58,7)46-44-59(56)63/h39-40,51-52,54-55,57-59H,10-38,41-50H2,1-9H3. The summed E-state index contributed by atoms with van der Waals surface area (Å²) in [5.41, 5.74) is 3.94. The Labute approximate surface area is 439 Å². The molecule has 3 fully saturated rings. The van der Waals surface area contributed by atoms with Gasteiger partial charge in [-0.25, -0.2) is 0 Å². The first-order valence-electron chi connectivity index (χ1n) is 30.9. The summed E-state index contributed by atoms with van der Waals surface area (Å²) in [6.45, 7) is 19.5. The number of esters is 2. The number of amides is 1. The predicted molar refractivity (Wildman–Crippen MR) is 299 cm³/mol. The van der Waals surface area contributed by atoms with Gasteiger partial charge in [0, 0.05) is 38.8 Å². The van der Waals surface area contributed by atoms with Crippen LogP contribution in [0.25, 0.3) is 0 Å². The van der Waals surface area contributed by atoms with Crippen molar-refractivity contribution in [1.82, 2.24) is 9.80 Å². The van der Waals surface area contributed by atoms with E-state index < -0.39 is 0 Å². The number of rotatable bonds is 39. The fourth-order valence-electron chi connectivity index (χ4n) is 14.1. The molecule has 4 rings (SSSR count). The zero-order valence-electron chi connectivity index (χ0n) is 48.2. The Morgan fingerprint density at radius 1 is 0.592 bits per heavy atom. The lowest BCUT2D eigenvalue weighted by molar-refractivity contribution is -0.151. The molecule has 0 spiro atoms. The van der Waals surface area contributed by atoms with Crippen LogP contribution in [0, 0.1) is 40.4 Å². The van der Waals surface area contributed by atoms with E-state index in [2.05, 4.69) is 84.5 Å². The first-order valence-corrected chi connectivity index (χ1v) is 30.9. The number of carbonyl (C=O) groups excluding carboxylic acids is 3. The summed E-state index contributed by atoms with van der Waals surface area (Å²) in [5.74, 6) is 4.07. The minimum absolute atomic E-state index is 0.000795. The predicted octanol–water partition coefficient (Wildman–Crippen LogP) is 17.3. The van der Waals surface area contributed by atoms with Gasteiger partial charge in [0.05, 0.1) is 0 Å². The minimum Gasteiger partial charge on any atom is -0.462 e. The molecule has 4 aliphatic rings. The largest absolute Gasteiger partial charge is 0.462 e. The molecule has 7 atom stereocenters. The zero-order chi connectivity index (χ0) is 51.5. The van der Waals surface area contributed by atoms with Crippen molar-refractivity contribution in [1.29, 1.82) is 0 Å². The van der Waals surface area contributed by atoms with E-state index >= 15 is 0 Å². The van der Waals surface area contributed by atoms with Gasteiger partial charge in [-0.05, 0) is 157 Å². The number of nitrogens with zero attached hydrogens (tertiary/aromatic N) is 2. The van der Waals surface area contributed by atoms with Crippen LogP contribution in [0.2, 0.25) is 0 Å². The van der Waals surface area contributed by atoms with Crippen LogP contribution in [0.15, 0.2) is 23.3 Å². The number of allylic oxidation sites excluding steroid dienone is 3. The average molecular weight is 992 g/mol. The second-order valence-electron chi connectivity index (χ2n) is 25.1. The summed E-state index contributed by atoms with van der Waals surface area (Å²) < 4.78 is 12.3. The lowest BCUT2D eigenvalue weighted by atomic mass is 9.50. The Kier molecular flexibility index (Phi) is 29.1. The van der Waals surface area contributed by atoms with E-state index in [0.717, 1.165) is 146 Å². The van der Waals surface area contributed by atoms with Gasteiger partial charge in [-0.3, -0.25) is 14.4 Å². The third kappa shape index (κ3) is 21.2. The van der Waals surface area contributed by atoms with E-state index in [0.29, 0.717) is 30.6 Å². The van der Waals surface area contributed by atoms with Gasteiger partial charge in [0.1, 0.15) is 12.2 Å². The van der Waals surface area contributed by atoms with Gasteiger partial charge < -0.3 is 19.3 Å². The molecule has 3 saturated carbocycles. The molecular formula is C64H114N2O5. The number of ether oxygens (including phenoxy) is 2. The number of hydrogen-bond acceptors (Lipinski definition) is 6. The van der Waals surface area contributed by atoms with Gasteiger partial charge in [-0.15, -0.1) is 0 Å². The van der Waals surface area contributed by atoms with E-state index in [1.54, 1.807) is 5.57 Å². The van der Waals surface area contributed by atoms with E-state index in [9.17, 15) is 14.4 Å². The molecule has 7 heteroatoms. The fourth-order valence-corrected chi connectivity index (χ4v) is 14.1. The number of carbonyl (C=O) groups is 3. The first kappa shape index (κ1) is 61.4. The van der Waals surface area contributed by atoms with Crippen molar-refractivity contribution >= 4 is 17.8 Å². The van der Waals surface area contributed by atoms with Crippen molar-refractivity contribution in [3.05, 3.63) is 23.3 Å². The van der Waals surface area contributed by atoms with Crippen molar-refractivity contribution in [2.24, 2.45) is 40.4 Å². The zero-order valence-corrected chi connectivity index (χ0v) is 48.2. The summed E-state index contributed by atoms with van der Waals surface area (Å²) in [6, 6.07) is 0. The molecule has 0 aromatic rings. The third-order valence-corrected chi connectivity index (χ3v) is 18.5. The number of hydrogen-bond donors (Lipinski definition) is 0. The van der Waals surface area contributed by atoms with Crippen LogP contribution < -0.4 is 0 Å². The van der Waals surface area contributed by atoms with Gasteiger partial charge in [-0.1, -0.05) is 181 Å². The molecule has 0 heterocycles. The van der Waals surface area contributed by atoms with Crippen molar-refractivity contribution in [2.75, 3.05) is 33.7 Å². The highest BCUT2D eigenvalue weighted by Crippen LogP contribution is 2.66. The smallest absolute Gasteiger partial charge is 0.306 e. The Bertz CT molecular complexity index is 1550. The van der Waals surface area contributed by atoms with Gasteiger partial charge in [0.15, 0.2) is 0 Å². The van der Waals surface area contributed by atoms with Gasteiger partial charge in [0.2, 0.25) is 5.91 Å². The maximum absolute atomic E-state index is 13.4. The Morgan fingerprint density at radius 2 is 1.18 bits per heavy atom. The van der Waals surface area contributed by atoms with Crippen molar-refractivity contribution in [3.63, 3.8) is 0 Å². The summed E-state index contributed by atoms with van der Waals surface area (Å²) in [5, 5.41) is 0. The highest BCUT2D eigenvalue weighted by molar-refractivity contribution is 5.76. The fraction of sp³-hybridized carbons (Fsp3) is 0.891. The van der Waals surface area contributed by atoms with Crippen LogP contribution in [0.5, 0.6) is 0 Å². The van der Waals surface area contributed by atoms with Crippen molar-refractivity contribution in [3.8, 4) is 0 Å². The van der Waals surface area contributed by atoms with E-state index in [1.807, 2.05) is 0 Å². The molecule has 0 aromatic heterocycles. The molecule has 71 heavy (non-hydrogen) atoms. The minimum atomic E-state index is -0.0358. The van der Waals surface area contributed by atoms with Gasteiger partial charge in [-0.2, -0.15) is 0 Å². The molecule has 7 nitrogen and oxygen atoms in total. The van der Waals surface area contributed by atoms with E-state index in [4.69, 9.17) is 9.47 Å². The summed E-state index contributed by atoms with van der Waals surface area (Å²) >= 11 is 0. The topological polar surface area (TPSA) is 76.1 Å². The molecule has 0 saturated heterocycles. The first-order chi connectivity index (χ1) is 34.2. The lowest BCUT2D eigenvalue weighted by Gasteiger charge is -2.55. The summed E-state index contributed by atoms with van der Waals surface area (Å²) in [7, 11) is 4.13. The Morgan fingerprint density at radius 3 is 1.80 bits per heavy atom. The highest BCUT2D eigenvalue weighted by Gasteiger charge is 2.57. The van der Waals surface area contributed by atoms with Crippen LogP contribution in [0.3, 0.4) is 0 Å². The molecule has 1 amide bonds.